The molecule has 25 heavy (non-hydrogen) atoms. The Bertz CT molecular complexity index is 953. The maximum absolute atomic E-state index is 12.4. The fourth-order valence-corrected chi connectivity index (χ4v) is 2.69. The summed E-state index contributed by atoms with van der Waals surface area (Å²) in [4.78, 5) is 12.4. The van der Waals surface area contributed by atoms with Crippen molar-refractivity contribution in [1.29, 1.82) is 5.26 Å². The molecule has 0 N–H and O–H groups in total. The molecule has 0 aliphatic carbocycles. The van der Waals surface area contributed by atoms with Crippen LogP contribution in [-0.2, 0) is 4.74 Å². The van der Waals surface area contributed by atoms with Crippen LogP contribution in [0, 0.1) is 25.2 Å². The maximum Gasteiger partial charge on any atom is 0.343 e. The molecule has 2 aromatic carbocycles. The van der Waals surface area contributed by atoms with Crippen molar-refractivity contribution in [2.24, 2.45) is 0 Å². The second-order valence-corrected chi connectivity index (χ2v) is 5.72. The number of hydrogen-bond donors (Lipinski definition) is 0. The van der Waals surface area contributed by atoms with Gasteiger partial charge in [-0.15, -0.1) is 0 Å². The Morgan fingerprint density at radius 1 is 1.20 bits per heavy atom. The quantitative estimate of drug-likeness (QED) is 0.681. The summed E-state index contributed by atoms with van der Waals surface area (Å²) in [7, 11) is 0. The fraction of sp³-hybridized carbons (Fsp3) is 0.150. The fourth-order valence-electron chi connectivity index (χ4n) is 2.69. The Labute approximate surface area is 146 Å². The van der Waals surface area contributed by atoms with Gasteiger partial charge in [-0.1, -0.05) is 42.0 Å². The third-order valence-electron chi connectivity index (χ3n) is 3.86. The first-order chi connectivity index (χ1) is 12.1. The van der Waals surface area contributed by atoms with Crippen molar-refractivity contribution in [1.82, 2.24) is 9.78 Å². The number of rotatable bonds is 4. The van der Waals surface area contributed by atoms with Gasteiger partial charge in [-0.3, -0.25) is 0 Å². The number of hydrogen-bond acceptors (Lipinski definition) is 4. The molecule has 0 spiro atoms. The largest absolute Gasteiger partial charge is 0.447 e. The lowest BCUT2D eigenvalue weighted by molar-refractivity contribution is 0.0556. The molecular formula is C20H17N3O2. The predicted molar refractivity (Wildman–Crippen MR) is 94.4 cm³/mol. The Balaban J connectivity index is 2.13. The van der Waals surface area contributed by atoms with E-state index >= 15 is 0 Å². The Morgan fingerprint density at radius 2 is 1.96 bits per heavy atom. The highest BCUT2D eigenvalue weighted by Crippen LogP contribution is 2.28. The lowest BCUT2D eigenvalue weighted by Crippen LogP contribution is -2.06. The summed E-state index contributed by atoms with van der Waals surface area (Å²) in [6.07, 6.45) is 1.64. The number of ether oxygens (including phenoxy) is 1. The van der Waals surface area contributed by atoms with Crippen LogP contribution in [0.5, 0.6) is 0 Å². The zero-order chi connectivity index (χ0) is 17.8. The summed E-state index contributed by atoms with van der Waals surface area (Å²) >= 11 is 0. The Morgan fingerprint density at radius 3 is 2.64 bits per heavy atom. The van der Waals surface area contributed by atoms with E-state index in [-0.39, 0.29) is 6.61 Å². The molecule has 124 valence electrons. The third-order valence-corrected chi connectivity index (χ3v) is 3.86. The van der Waals surface area contributed by atoms with Crippen molar-refractivity contribution in [3.8, 4) is 23.0 Å². The number of aromatic nitrogens is 2. The van der Waals surface area contributed by atoms with E-state index in [0.717, 1.165) is 22.4 Å². The van der Waals surface area contributed by atoms with Crippen molar-refractivity contribution in [3.63, 3.8) is 0 Å². The molecule has 0 amide bonds. The minimum absolute atomic E-state index is 0.290. The van der Waals surface area contributed by atoms with Crippen LogP contribution >= 0.6 is 0 Å². The molecule has 0 unspecified atom stereocenters. The van der Waals surface area contributed by atoms with Crippen molar-refractivity contribution in [3.05, 3.63) is 71.4 Å². The first-order valence-corrected chi connectivity index (χ1v) is 7.87. The zero-order valence-corrected chi connectivity index (χ0v) is 14.1. The number of nitriles is 1. The van der Waals surface area contributed by atoms with Crippen LogP contribution in [0.15, 0.2) is 54.7 Å². The molecule has 0 aliphatic rings. The summed E-state index contributed by atoms with van der Waals surface area (Å²) in [6.45, 7) is 3.71. The second-order valence-electron chi connectivity index (χ2n) is 5.72. The van der Waals surface area contributed by atoms with E-state index in [1.807, 2.05) is 68.4 Å². The molecule has 0 saturated carbocycles. The Hall–Kier alpha value is -3.39. The summed E-state index contributed by atoms with van der Waals surface area (Å²) in [5.41, 5.74) is 4.75. The number of carbonyl (C=O) groups excluding carboxylic acids is 1. The van der Waals surface area contributed by atoms with Gasteiger partial charge >= 0.3 is 5.97 Å². The molecule has 5 nitrogen and oxygen atoms in total. The molecule has 5 heteroatoms. The molecule has 3 aromatic rings. The molecule has 0 fully saturated rings. The number of carbonyl (C=O) groups is 1. The maximum atomic E-state index is 12.4. The van der Waals surface area contributed by atoms with Gasteiger partial charge in [-0.25, -0.2) is 9.48 Å². The van der Waals surface area contributed by atoms with E-state index in [1.165, 1.54) is 0 Å². The number of nitrogens with zero attached hydrogens (tertiary/aromatic N) is 3. The van der Waals surface area contributed by atoms with Crippen LogP contribution in [-0.4, -0.2) is 22.4 Å². The number of esters is 1. The van der Waals surface area contributed by atoms with Crippen LogP contribution in [0.4, 0.5) is 0 Å². The van der Waals surface area contributed by atoms with Crippen LogP contribution in [0.25, 0.3) is 16.9 Å². The average Bonchev–Trinajstić information content (AvgIpc) is 3.05. The highest BCUT2D eigenvalue weighted by atomic mass is 16.5. The summed E-state index contributed by atoms with van der Waals surface area (Å²) in [5, 5.41) is 13.3. The smallest absolute Gasteiger partial charge is 0.343 e. The average molecular weight is 331 g/mol. The molecule has 0 aliphatic heterocycles. The molecule has 0 radical (unpaired) electrons. The first kappa shape index (κ1) is 16.5. The van der Waals surface area contributed by atoms with E-state index < -0.39 is 5.97 Å². The highest BCUT2D eigenvalue weighted by molar-refractivity contribution is 5.96. The van der Waals surface area contributed by atoms with E-state index in [2.05, 4.69) is 5.10 Å². The van der Waals surface area contributed by atoms with Crippen LogP contribution in [0.2, 0.25) is 0 Å². The van der Waals surface area contributed by atoms with Gasteiger partial charge in [0, 0.05) is 11.8 Å². The molecule has 0 saturated heterocycles. The third kappa shape index (κ3) is 3.43. The van der Waals surface area contributed by atoms with Crippen molar-refractivity contribution in [2.45, 2.75) is 13.8 Å². The van der Waals surface area contributed by atoms with Gasteiger partial charge in [-0.2, -0.15) is 10.4 Å². The number of aryl methyl sites for hydroxylation is 2. The Kier molecular flexibility index (Phi) is 4.62. The first-order valence-electron chi connectivity index (χ1n) is 7.87. The van der Waals surface area contributed by atoms with E-state index in [4.69, 9.17) is 10.00 Å². The molecule has 0 atom stereocenters. The monoisotopic (exact) mass is 331 g/mol. The number of benzene rings is 2. The van der Waals surface area contributed by atoms with Gasteiger partial charge in [0.25, 0.3) is 0 Å². The van der Waals surface area contributed by atoms with Crippen molar-refractivity contribution < 1.29 is 9.53 Å². The predicted octanol–water partition coefficient (Wildman–Crippen LogP) is 3.84. The van der Waals surface area contributed by atoms with Gasteiger partial charge in [0.1, 0.15) is 17.3 Å². The minimum Gasteiger partial charge on any atom is -0.447 e. The van der Waals surface area contributed by atoms with E-state index in [0.29, 0.717) is 11.3 Å². The van der Waals surface area contributed by atoms with Gasteiger partial charge < -0.3 is 4.74 Å². The standard InChI is InChI=1S/C20H17N3O2/c1-14-8-9-17(15(2)12-14)19-18(20(24)25-11-10-21)13-23(22-19)16-6-4-3-5-7-16/h3-9,12-13H,11H2,1-2H3. The van der Waals surface area contributed by atoms with Gasteiger partial charge in [0.05, 0.1) is 5.69 Å². The summed E-state index contributed by atoms with van der Waals surface area (Å²) < 4.78 is 6.65. The zero-order valence-electron chi connectivity index (χ0n) is 14.1. The SMILES string of the molecule is Cc1ccc(-c2nn(-c3ccccc3)cc2C(=O)OCC#N)c(C)c1. The topological polar surface area (TPSA) is 67.9 Å². The van der Waals surface area contributed by atoms with E-state index in [9.17, 15) is 4.79 Å². The lowest BCUT2D eigenvalue weighted by Gasteiger charge is -2.06. The molecular weight excluding hydrogens is 314 g/mol. The van der Waals surface area contributed by atoms with Gasteiger partial charge in [0.2, 0.25) is 0 Å². The van der Waals surface area contributed by atoms with Crippen molar-refractivity contribution >= 4 is 5.97 Å². The van der Waals surface area contributed by atoms with Crippen LogP contribution in [0.1, 0.15) is 21.5 Å². The van der Waals surface area contributed by atoms with Crippen molar-refractivity contribution in [2.75, 3.05) is 6.61 Å². The molecule has 1 aromatic heterocycles. The van der Waals surface area contributed by atoms with Gasteiger partial charge in [0.15, 0.2) is 6.61 Å². The molecule has 1 heterocycles. The molecule has 0 bridgehead atoms. The summed E-state index contributed by atoms with van der Waals surface area (Å²) in [5.74, 6) is -0.557. The normalized spacial score (nSPS) is 10.3. The van der Waals surface area contributed by atoms with Crippen LogP contribution < -0.4 is 0 Å². The van der Waals surface area contributed by atoms with E-state index in [1.54, 1.807) is 10.9 Å². The molecule has 3 rings (SSSR count). The van der Waals surface area contributed by atoms with Crippen LogP contribution in [0.3, 0.4) is 0 Å². The highest BCUT2D eigenvalue weighted by Gasteiger charge is 2.21. The lowest BCUT2D eigenvalue weighted by atomic mass is 10.0. The van der Waals surface area contributed by atoms with Gasteiger partial charge in [-0.05, 0) is 31.5 Å². The summed E-state index contributed by atoms with van der Waals surface area (Å²) in [6, 6.07) is 17.3. The number of para-hydroxylation sites is 1. The second kappa shape index (κ2) is 7.02. The minimum atomic E-state index is -0.557.